The fraction of sp³-hybridized carbons (Fsp3) is 1.00. The highest BCUT2D eigenvalue weighted by atomic mass is 16.6. The number of hydrogen-bond donors (Lipinski definition) is 3. The fourth-order valence-corrected chi connectivity index (χ4v) is 10.6. The van der Waals surface area contributed by atoms with E-state index < -0.39 is 0 Å². The highest BCUT2D eigenvalue weighted by Gasteiger charge is 2.71. The maximum Gasteiger partial charge on any atom is 0.0954 e. The minimum atomic E-state index is -0.326. The van der Waals surface area contributed by atoms with Gasteiger partial charge in [0.1, 0.15) is 0 Å². The van der Waals surface area contributed by atoms with E-state index in [0.717, 1.165) is 69.1 Å². The van der Waals surface area contributed by atoms with E-state index in [9.17, 15) is 15.3 Å². The van der Waals surface area contributed by atoms with Gasteiger partial charge in [-0.3, -0.25) is 0 Å². The van der Waals surface area contributed by atoms with E-state index in [2.05, 4.69) is 34.6 Å². The normalized spacial score (nSPS) is 62.7. The summed E-state index contributed by atoms with van der Waals surface area (Å²) in [5, 5.41) is 33.6. The number of ether oxygens (including phenoxy) is 1. The standard InChI is InChI=1S/C29H48O4/c1-15-10-19(15)16(2)11-25-29(5,33-25)23-7-6-20-26-21(14-24(32)28(20,23)4)27(3)9-8-18(30)12-17(27)13-22(26)31/h15-26,30-32H,6-14H2,1-5H3/t15-,16-,17+,18-,19-,20+,21+,22-,23+,24-,25-,26+,27+,28+,29-/m1/s1. The van der Waals surface area contributed by atoms with Gasteiger partial charge in [0.05, 0.1) is 30.0 Å². The molecule has 0 unspecified atom stereocenters. The van der Waals surface area contributed by atoms with Crippen LogP contribution in [0.25, 0.3) is 0 Å². The average Bonchev–Trinajstić information content (AvgIpc) is 3.59. The van der Waals surface area contributed by atoms with E-state index >= 15 is 0 Å². The maximum atomic E-state index is 11.8. The molecule has 5 aliphatic carbocycles. The molecule has 4 nitrogen and oxygen atoms in total. The number of aliphatic hydroxyl groups excluding tert-OH is 3. The first-order valence-electron chi connectivity index (χ1n) is 14.2. The zero-order valence-corrected chi connectivity index (χ0v) is 21.5. The Bertz CT molecular complexity index is 786. The number of hydrogen-bond acceptors (Lipinski definition) is 4. The minimum Gasteiger partial charge on any atom is -0.393 e. The van der Waals surface area contributed by atoms with Gasteiger partial charge >= 0.3 is 0 Å². The summed E-state index contributed by atoms with van der Waals surface area (Å²) < 4.78 is 6.51. The molecule has 1 heterocycles. The Morgan fingerprint density at radius 1 is 0.939 bits per heavy atom. The van der Waals surface area contributed by atoms with Crippen LogP contribution in [-0.4, -0.2) is 45.3 Å². The topological polar surface area (TPSA) is 73.2 Å². The van der Waals surface area contributed by atoms with Crippen LogP contribution in [0.4, 0.5) is 0 Å². The van der Waals surface area contributed by atoms with Crippen molar-refractivity contribution in [2.24, 2.45) is 58.2 Å². The molecule has 6 rings (SSSR count). The quantitative estimate of drug-likeness (QED) is 0.528. The van der Waals surface area contributed by atoms with Crippen LogP contribution in [0.2, 0.25) is 0 Å². The van der Waals surface area contributed by atoms with Crippen molar-refractivity contribution in [1.82, 2.24) is 0 Å². The van der Waals surface area contributed by atoms with Crippen LogP contribution in [0.5, 0.6) is 0 Å². The molecule has 6 aliphatic rings. The largest absolute Gasteiger partial charge is 0.393 e. The third-order valence-corrected chi connectivity index (χ3v) is 12.9. The molecule has 3 N–H and O–H groups in total. The Balaban J connectivity index is 1.24. The van der Waals surface area contributed by atoms with Gasteiger partial charge in [0.15, 0.2) is 0 Å². The number of fused-ring (bicyclic) bond motifs is 5. The molecule has 0 bridgehead atoms. The summed E-state index contributed by atoms with van der Waals surface area (Å²) in [6, 6.07) is 0. The predicted molar refractivity (Wildman–Crippen MR) is 128 cm³/mol. The first-order chi connectivity index (χ1) is 15.5. The van der Waals surface area contributed by atoms with Crippen LogP contribution >= 0.6 is 0 Å². The van der Waals surface area contributed by atoms with Crippen molar-refractivity contribution in [1.29, 1.82) is 0 Å². The van der Waals surface area contributed by atoms with Gasteiger partial charge in [0.2, 0.25) is 0 Å². The molecule has 15 atom stereocenters. The Labute approximate surface area is 200 Å². The molecule has 33 heavy (non-hydrogen) atoms. The zero-order valence-electron chi connectivity index (χ0n) is 21.5. The molecular formula is C29H48O4. The average molecular weight is 461 g/mol. The summed E-state index contributed by atoms with van der Waals surface area (Å²) in [6.07, 6.45) is 8.64. The highest BCUT2D eigenvalue weighted by molar-refractivity contribution is 5.20. The van der Waals surface area contributed by atoms with Gasteiger partial charge in [-0.25, -0.2) is 0 Å². The second-order valence-corrected chi connectivity index (χ2v) is 14.4. The van der Waals surface area contributed by atoms with E-state index in [0.29, 0.717) is 29.8 Å². The summed E-state index contributed by atoms with van der Waals surface area (Å²) in [6.45, 7) is 11.9. The van der Waals surface area contributed by atoms with Gasteiger partial charge in [-0.2, -0.15) is 0 Å². The zero-order chi connectivity index (χ0) is 23.5. The predicted octanol–water partition coefficient (Wildman–Crippen LogP) is 4.79. The molecule has 1 aliphatic heterocycles. The fourth-order valence-electron chi connectivity index (χ4n) is 10.6. The molecule has 0 radical (unpaired) electrons. The summed E-state index contributed by atoms with van der Waals surface area (Å²) in [5.41, 5.74) is -0.133. The van der Waals surface area contributed by atoms with E-state index in [-0.39, 0.29) is 40.7 Å². The Morgan fingerprint density at radius 2 is 1.67 bits per heavy atom. The summed E-state index contributed by atoms with van der Waals surface area (Å²) >= 11 is 0. The van der Waals surface area contributed by atoms with Crippen LogP contribution in [0.15, 0.2) is 0 Å². The molecule has 0 aromatic rings. The molecule has 0 aromatic heterocycles. The first kappa shape index (κ1) is 23.3. The van der Waals surface area contributed by atoms with Crippen molar-refractivity contribution in [3.8, 4) is 0 Å². The molecule has 4 heteroatoms. The van der Waals surface area contributed by atoms with E-state index in [1.54, 1.807) is 0 Å². The second-order valence-electron chi connectivity index (χ2n) is 14.4. The van der Waals surface area contributed by atoms with Crippen LogP contribution in [0, 0.1) is 58.2 Å². The van der Waals surface area contributed by atoms with Crippen LogP contribution < -0.4 is 0 Å². The number of rotatable bonds is 4. The van der Waals surface area contributed by atoms with Gasteiger partial charge in [-0.05, 0) is 117 Å². The van der Waals surface area contributed by atoms with Crippen LogP contribution in [0.1, 0.15) is 92.4 Å². The van der Waals surface area contributed by atoms with E-state index in [1.807, 2.05) is 0 Å². The van der Waals surface area contributed by atoms with Crippen molar-refractivity contribution >= 4 is 0 Å². The van der Waals surface area contributed by atoms with Crippen molar-refractivity contribution in [3.63, 3.8) is 0 Å². The van der Waals surface area contributed by atoms with E-state index in [1.165, 1.54) is 6.42 Å². The Kier molecular flexibility index (Phi) is 5.24. The number of epoxide rings is 1. The van der Waals surface area contributed by atoms with Crippen molar-refractivity contribution in [2.75, 3.05) is 0 Å². The van der Waals surface area contributed by atoms with Gasteiger partial charge in [0.25, 0.3) is 0 Å². The SMILES string of the molecule is C[C@@H]1C[C@H]1[C@H](C)C[C@H]1O[C@]1(C)[C@H]1CC[C@H]2[C@@H]3[C@H](O)C[C@@H]4C[C@H](O)CC[C@]4(C)[C@H]3C[C@@H](O)[C@]12C. The lowest BCUT2D eigenvalue weighted by molar-refractivity contribution is -0.207. The Hall–Kier alpha value is -0.160. The molecule has 5 saturated carbocycles. The minimum absolute atomic E-state index is 0.106. The van der Waals surface area contributed by atoms with Gasteiger partial charge in [-0.1, -0.05) is 27.7 Å². The molecule has 1 saturated heterocycles. The monoisotopic (exact) mass is 460 g/mol. The molecule has 6 fully saturated rings. The van der Waals surface area contributed by atoms with Crippen molar-refractivity contribution in [2.45, 2.75) is 122 Å². The Morgan fingerprint density at radius 3 is 2.36 bits per heavy atom. The maximum absolute atomic E-state index is 11.8. The van der Waals surface area contributed by atoms with Gasteiger partial charge < -0.3 is 20.1 Å². The van der Waals surface area contributed by atoms with Gasteiger partial charge in [-0.15, -0.1) is 0 Å². The second kappa shape index (κ2) is 7.43. The van der Waals surface area contributed by atoms with Gasteiger partial charge in [0, 0.05) is 5.41 Å². The van der Waals surface area contributed by atoms with Crippen LogP contribution in [-0.2, 0) is 4.74 Å². The highest BCUT2D eigenvalue weighted by Crippen LogP contribution is 2.71. The van der Waals surface area contributed by atoms with E-state index in [4.69, 9.17) is 4.74 Å². The third kappa shape index (κ3) is 3.22. The number of aliphatic hydroxyl groups is 3. The lowest BCUT2D eigenvalue weighted by Crippen LogP contribution is -2.62. The first-order valence-corrected chi connectivity index (χ1v) is 14.2. The third-order valence-electron chi connectivity index (χ3n) is 12.9. The van der Waals surface area contributed by atoms with Crippen molar-refractivity contribution in [3.05, 3.63) is 0 Å². The molecule has 188 valence electrons. The summed E-state index contributed by atoms with van der Waals surface area (Å²) in [5.74, 6) is 4.28. The van der Waals surface area contributed by atoms with Crippen LogP contribution in [0.3, 0.4) is 0 Å². The lowest BCUT2D eigenvalue weighted by Gasteiger charge is -2.63. The molecule has 0 amide bonds. The van der Waals surface area contributed by atoms with Crippen molar-refractivity contribution < 1.29 is 20.1 Å². The molecule has 0 spiro atoms. The summed E-state index contributed by atoms with van der Waals surface area (Å²) in [7, 11) is 0. The summed E-state index contributed by atoms with van der Waals surface area (Å²) in [4.78, 5) is 0. The lowest BCUT2D eigenvalue weighted by atomic mass is 9.43. The molecule has 0 aromatic carbocycles. The smallest absolute Gasteiger partial charge is 0.0954 e. The molecular weight excluding hydrogens is 412 g/mol.